The fourth-order valence-electron chi connectivity index (χ4n) is 5.69. The Labute approximate surface area is 252 Å². The maximum atomic E-state index is 14.0. The summed E-state index contributed by atoms with van der Waals surface area (Å²) in [5, 5.41) is 12.4. The van der Waals surface area contributed by atoms with Crippen LogP contribution in [0.3, 0.4) is 0 Å². The van der Waals surface area contributed by atoms with Crippen LogP contribution in [0, 0.1) is 0 Å². The molecule has 2 atom stereocenters. The fourth-order valence-corrected chi connectivity index (χ4v) is 5.69. The van der Waals surface area contributed by atoms with Gasteiger partial charge in [0.2, 0.25) is 17.7 Å². The van der Waals surface area contributed by atoms with E-state index in [0.717, 1.165) is 29.5 Å². The Kier molecular flexibility index (Phi) is 10.2. The number of benzene rings is 2. The van der Waals surface area contributed by atoms with Gasteiger partial charge in [-0.2, -0.15) is 0 Å². The highest BCUT2D eigenvalue weighted by Gasteiger charge is 2.44. The molecule has 2 aromatic carbocycles. The highest BCUT2D eigenvalue weighted by Crippen LogP contribution is 2.30. The predicted molar refractivity (Wildman–Crippen MR) is 165 cm³/mol. The first-order chi connectivity index (χ1) is 21.0. The molecule has 1 fully saturated rings. The number of carbonyl (C=O) groups excluding carboxylic acids is 3. The van der Waals surface area contributed by atoms with Crippen LogP contribution in [0.25, 0.3) is 6.08 Å². The van der Waals surface area contributed by atoms with Crippen molar-refractivity contribution in [3.8, 4) is 5.75 Å². The topological polar surface area (TPSA) is 121 Å². The minimum atomic E-state index is -1.09. The third-order valence-electron chi connectivity index (χ3n) is 8.03. The van der Waals surface area contributed by atoms with Gasteiger partial charge in [0.05, 0.1) is 6.04 Å². The number of fused-ring (bicyclic) bond motifs is 1. The second kappa shape index (κ2) is 14.6. The predicted octanol–water partition coefficient (Wildman–Crippen LogP) is 2.96. The summed E-state index contributed by atoms with van der Waals surface area (Å²) in [4.78, 5) is 45.3. The second-order valence-corrected chi connectivity index (χ2v) is 11.1. The van der Waals surface area contributed by atoms with Crippen LogP contribution in [0.15, 0.2) is 85.2 Å². The van der Waals surface area contributed by atoms with E-state index in [0.29, 0.717) is 44.6 Å². The molecule has 0 radical (unpaired) electrons. The smallest absolute Gasteiger partial charge is 0.246 e. The quantitative estimate of drug-likeness (QED) is 0.376. The summed E-state index contributed by atoms with van der Waals surface area (Å²) in [5.74, 6) is -0.167. The van der Waals surface area contributed by atoms with Crippen LogP contribution < -0.4 is 26.0 Å². The van der Waals surface area contributed by atoms with Crippen LogP contribution in [0.4, 0.5) is 0 Å². The molecule has 3 amide bonds. The third-order valence-corrected chi connectivity index (χ3v) is 8.03. The monoisotopic (exact) mass is 581 g/mol. The van der Waals surface area contributed by atoms with Gasteiger partial charge in [-0.1, -0.05) is 73.5 Å². The lowest BCUT2D eigenvalue weighted by molar-refractivity contribution is -0.136. The minimum absolute atomic E-state index is 0.262. The van der Waals surface area contributed by atoms with E-state index in [9.17, 15) is 14.4 Å². The van der Waals surface area contributed by atoms with Crippen molar-refractivity contribution in [3.63, 3.8) is 0 Å². The molecule has 1 aliphatic carbocycles. The van der Waals surface area contributed by atoms with Crippen molar-refractivity contribution in [2.24, 2.45) is 0 Å². The number of aromatic nitrogens is 1. The summed E-state index contributed by atoms with van der Waals surface area (Å²) in [6.07, 6.45) is 10.6. The Morgan fingerprint density at radius 2 is 1.51 bits per heavy atom. The maximum absolute atomic E-state index is 14.0. The zero-order chi connectivity index (χ0) is 29.9. The molecule has 1 saturated carbocycles. The van der Waals surface area contributed by atoms with Gasteiger partial charge in [-0.15, -0.1) is 0 Å². The maximum Gasteiger partial charge on any atom is 0.246 e. The number of pyridine rings is 1. The van der Waals surface area contributed by atoms with E-state index in [1.54, 1.807) is 12.4 Å². The average Bonchev–Trinajstić information content (AvgIpc) is 3.51. The summed E-state index contributed by atoms with van der Waals surface area (Å²) in [5.41, 5.74) is 1.66. The first-order valence-corrected chi connectivity index (χ1v) is 15.0. The summed E-state index contributed by atoms with van der Waals surface area (Å²) >= 11 is 0. The molecule has 0 bridgehead atoms. The van der Waals surface area contributed by atoms with E-state index in [2.05, 4.69) is 26.3 Å². The normalized spacial score (nSPS) is 22.2. The molecular weight excluding hydrogens is 542 g/mol. The van der Waals surface area contributed by atoms with Crippen molar-refractivity contribution in [1.82, 2.24) is 26.3 Å². The lowest BCUT2D eigenvalue weighted by Crippen LogP contribution is -2.63. The van der Waals surface area contributed by atoms with Gasteiger partial charge in [0.15, 0.2) is 0 Å². The number of amides is 3. The van der Waals surface area contributed by atoms with Crippen LogP contribution in [0.5, 0.6) is 5.75 Å². The van der Waals surface area contributed by atoms with Gasteiger partial charge >= 0.3 is 0 Å². The van der Waals surface area contributed by atoms with Crippen molar-refractivity contribution in [2.75, 3.05) is 19.7 Å². The van der Waals surface area contributed by atoms with E-state index in [1.165, 1.54) is 0 Å². The number of hydrogen-bond donors (Lipinski definition) is 4. The molecule has 9 nitrogen and oxygen atoms in total. The number of carbonyl (C=O) groups is 3. The Bertz CT molecular complexity index is 1410. The highest BCUT2D eigenvalue weighted by molar-refractivity contribution is 5.96. The summed E-state index contributed by atoms with van der Waals surface area (Å²) in [6.45, 7) is 1.05. The molecular formula is C34H39N5O4. The number of hydrogen-bond acceptors (Lipinski definition) is 6. The van der Waals surface area contributed by atoms with E-state index in [-0.39, 0.29) is 24.3 Å². The van der Waals surface area contributed by atoms with Crippen LogP contribution >= 0.6 is 0 Å². The average molecular weight is 582 g/mol. The first-order valence-electron chi connectivity index (χ1n) is 15.0. The van der Waals surface area contributed by atoms with Gasteiger partial charge in [0, 0.05) is 37.5 Å². The molecule has 224 valence electrons. The number of rotatable bonds is 4. The van der Waals surface area contributed by atoms with Gasteiger partial charge in [0.1, 0.15) is 23.9 Å². The minimum Gasteiger partial charge on any atom is -0.492 e. The molecule has 5 rings (SSSR count). The standard InChI is InChI=1S/C34H39N5O4/c40-31-29(24-25-9-2-1-3-10-25)38-33(42)34(16-6-7-17-34)39-32(41)28(23-26-14-19-35-20-15-26)36-21-22-43-30-13-5-4-11-27(30)12-8-18-37-31/h1-5,8-15,19-20,28-29,36H,6-7,16-18,21-24H2,(H,37,40)(H,38,42)(H,39,41)/b12-8-/t28-,29-/m0/s1. The second-order valence-electron chi connectivity index (χ2n) is 11.1. The zero-order valence-electron chi connectivity index (χ0n) is 24.3. The SMILES string of the molecule is O=C1NC2(CCCC2)C(=O)N[C@@H](Cc2ccccc2)C(=O)NC/C=C\c2ccccc2OCCN[C@H]1Cc1ccncc1. The number of nitrogens with zero attached hydrogens (tertiary/aromatic N) is 1. The molecule has 43 heavy (non-hydrogen) atoms. The van der Waals surface area contributed by atoms with E-state index >= 15 is 0 Å². The summed E-state index contributed by atoms with van der Waals surface area (Å²) in [6, 6.07) is 19.6. The molecule has 1 spiro atoms. The zero-order valence-corrected chi connectivity index (χ0v) is 24.3. The van der Waals surface area contributed by atoms with Gasteiger partial charge in [0.25, 0.3) is 0 Å². The molecule has 0 saturated heterocycles. The van der Waals surface area contributed by atoms with Crippen LogP contribution in [0.1, 0.15) is 42.4 Å². The summed E-state index contributed by atoms with van der Waals surface area (Å²) in [7, 11) is 0. The van der Waals surface area contributed by atoms with Crippen molar-refractivity contribution >= 4 is 23.8 Å². The highest BCUT2D eigenvalue weighted by atomic mass is 16.5. The van der Waals surface area contributed by atoms with Crippen molar-refractivity contribution in [3.05, 3.63) is 102 Å². The van der Waals surface area contributed by atoms with Gasteiger partial charge in [-0.05, 0) is 48.6 Å². The molecule has 9 heteroatoms. The van der Waals surface area contributed by atoms with Crippen LogP contribution in [0.2, 0.25) is 0 Å². The Hall–Kier alpha value is -4.50. The molecule has 1 aliphatic heterocycles. The molecule has 4 N–H and O–H groups in total. The van der Waals surface area contributed by atoms with Gasteiger partial charge < -0.3 is 26.0 Å². The van der Waals surface area contributed by atoms with Crippen LogP contribution in [-0.4, -0.2) is 60.0 Å². The fraction of sp³-hybridized carbons (Fsp3) is 0.353. The van der Waals surface area contributed by atoms with Crippen molar-refractivity contribution in [2.45, 2.75) is 56.1 Å². The lowest BCUT2D eigenvalue weighted by Gasteiger charge is -2.33. The number of para-hydroxylation sites is 1. The van der Waals surface area contributed by atoms with E-state index in [1.807, 2.05) is 78.9 Å². The molecule has 2 aliphatic rings. The largest absolute Gasteiger partial charge is 0.492 e. The third kappa shape index (κ3) is 8.08. The van der Waals surface area contributed by atoms with Gasteiger partial charge in [-0.25, -0.2) is 0 Å². The molecule has 2 heterocycles. The Morgan fingerprint density at radius 1 is 0.814 bits per heavy atom. The molecule has 3 aromatic rings. The lowest BCUT2D eigenvalue weighted by atomic mass is 9.93. The van der Waals surface area contributed by atoms with Crippen molar-refractivity contribution in [1.29, 1.82) is 0 Å². The molecule has 1 aromatic heterocycles. The number of ether oxygens (including phenoxy) is 1. The Morgan fingerprint density at radius 3 is 2.30 bits per heavy atom. The number of nitrogens with one attached hydrogen (secondary N) is 4. The van der Waals surface area contributed by atoms with Crippen molar-refractivity contribution < 1.29 is 19.1 Å². The van der Waals surface area contributed by atoms with E-state index < -0.39 is 17.6 Å². The van der Waals surface area contributed by atoms with Crippen LogP contribution in [-0.2, 0) is 27.2 Å². The van der Waals surface area contributed by atoms with Gasteiger partial charge in [-0.3, -0.25) is 19.4 Å². The van der Waals surface area contributed by atoms with E-state index in [4.69, 9.17) is 4.74 Å². The first kappa shape index (κ1) is 30.0. The summed E-state index contributed by atoms with van der Waals surface area (Å²) < 4.78 is 6.07. The Balaban J connectivity index is 1.43. The molecule has 0 unspecified atom stereocenters.